The van der Waals surface area contributed by atoms with Crippen molar-refractivity contribution in [2.24, 2.45) is 0 Å². The lowest BCUT2D eigenvalue weighted by Crippen LogP contribution is -2.36. The van der Waals surface area contributed by atoms with E-state index in [9.17, 15) is 8.42 Å². The summed E-state index contributed by atoms with van der Waals surface area (Å²) in [6, 6.07) is 1.79. The van der Waals surface area contributed by atoms with Crippen molar-refractivity contribution in [2.45, 2.75) is 56.8 Å². The van der Waals surface area contributed by atoms with Gasteiger partial charge in [-0.1, -0.05) is 26.2 Å². The molecule has 0 aromatic heterocycles. The van der Waals surface area contributed by atoms with E-state index in [0.29, 0.717) is 13.0 Å². The maximum absolute atomic E-state index is 11.7. The van der Waals surface area contributed by atoms with Crippen LogP contribution >= 0.6 is 0 Å². The third-order valence-electron chi connectivity index (χ3n) is 3.20. The Morgan fingerprint density at radius 3 is 2.61 bits per heavy atom. The Hall–Kier alpha value is -0.640. The van der Waals surface area contributed by atoms with Gasteiger partial charge in [0.15, 0.2) is 5.25 Å². The Bertz CT molecular complexity index is 369. The quantitative estimate of drug-likeness (QED) is 0.714. The molecule has 104 valence electrons. The lowest BCUT2D eigenvalue weighted by atomic mass is 9.98. The first-order chi connectivity index (χ1) is 8.60. The Kier molecular flexibility index (Phi) is 6.61. The normalized spacial score (nSPS) is 19.3. The number of hydrogen-bond donors (Lipinski definition) is 1. The molecule has 0 heterocycles. The van der Waals surface area contributed by atoms with E-state index in [-0.39, 0.29) is 12.6 Å². The van der Waals surface area contributed by atoms with E-state index < -0.39 is 15.3 Å². The molecule has 0 bridgehead atoms. The SMILES string of the molecule is CCC(C#N)S(=O)(=O)NCCOC1CCCCC1. The monoisotopic (exact) mass is 274 g/mol. The second kappa shape index (κ2) is 7.72. The van der Waals surface area contributed by atoms with Gasteiger partial charge in [0.1, 0.15) is 0 Å². The molecule has 5 nitrogen and oxygen atoms in total. The van der Waals surface area contributed by atoms with Crippen molar-refractivity contribution in [3.8, 4) is 6.07 Å². The summed E-state index contributed by atoms with van der Waals surface area (Å²) >= 11 is 0. The van der Waals surface area contributed by atoms with E-state index in [4.69, 9.17) is 10.00 Å². The van der Waals surface area contributed by atoms with Gasteiger partial charge in [0, 0.05) is 6.54 Å². The molecular weight excluding hydrogens is 252 g/mol. The molecule has 0 aromatic carbocycles. The van der Waals surface area contributed by atoms with E-state index in [1.807, 2.05) is 0 Å². The lowest BCUT2D eigenvalue weighted by molar-refractivity contribution is 0.0321. The van der Waals surface area contributed by atoms with Gasteiger partial charge in [-0.15, -0.1) is 0 Å². The van der Waals surface area contributed by atoms with Crippen LogP contribution in [0.15, 0.2) is 0 Å². The number of nitriles is 1. The van der Waals surface area contributed by atoms with Crippen LogP contribution in [0.5, 0.6) is 0 Å². The fraction of sp³-hybridized carbons (Fsp3) is 0.917. The van der Waals surface area contributed by atoms with Crippen LogP contribution in [0.3, 0.4) is 0 Å². The molecule has 6 heteroatoms. The van der Waals surface area contributed by atoms with Crippen molar-refractivity contribution in [1.29, 1.82) is 5.26 Å². The molecule has 1 saturated carbocycles. The highest BCUT2D eigenvalue weighted by Gasteiger charge is 2.22. The lowest BCUT2D eigenvalue weighted by Gasteiger charge is -2.22. The number of sulfonamides is 1. The summed E-state index contributed by atoms with van der Waals surface area (Å²) < 4.78 is 31.4. The van der Waals surface area contributed by atoms with E-state index >= 15 is 0 Å². The van der Waals surface area contributed by atoms with Gasteiger partial charge in [0.05, 0.1) is 18.8 Å². The molecular formula is C12H22N2O3S. The molecule has 0 radical (unpaired) electrons. The summed E-state index contributed by atoms with van der Waals surface area (Å²) in [6.07, 6.45) is 6.39. The molecule has 18 heavy (non-hydrogen) atoms. The fourth-order valence-corrected chi connectivity index (χ4v) is 3.27. The highest BCUT2D eigenvalue weighted by atomic mass is 32.2. The van der Waals surface area contributed by atoms with Crippen molar-refractivity contribution in [3.63, 3.8) is 0 Å². The van der Waals surface area contributed by atoms with Gasteiger partial charge in [-0.2, -0.15) is 5.26 Å². The molecule has 0 spiro atoms. The minimum Gasteiger partial charge on any atom is -0.377 e. The Labute approximate surface area is 110 Å². The maximum atomic E-state index is 11.7. The van der Waals surface area contributed by atoms with Gasteiger partial charge >= 0.3 is 0 Å². The van der Waals surface area contributed by atoms with Crippen LogP contribution in [0.2, 0.25) is 0 Å². The summed E-state index contributed by atoms with van der Waals surface area (Å²) in [7, 11) is -3.52. The smallest absolute Gasteiger partial charge is 0.228 e. The molecule has 1 aliphatic carbocycles. The third-order valence-corrected chi connectivity index (χ3v) is 4.99. The van der Waals surface area contributed by atoms with E-state index in [1.54, 1.807) is 13.0 Å². The predicted octanol–water partition coefficient (Wildman–Crippen LogP) is 1.56. The first kappa shape index (κ1) is 15.4. The van der Waals surface area contributed by atoms with Crippen LogP contribution in [0.4, 0.5) is 0 Å². The van der Waals surface area contributed by atoms with Crippen LogP contribution in [-0.2, 0) is 14.8 Å². The maximum Gasteiger partial charge on any atom is 0.228 e. The van der Waals surface area contributed by atoms with Crippen LogP contribution in [0, 0.1) is 11.3 Å². The first-order valence-electron chi connectivity index (χ1n) is 6.60. The summed E-state index contributed by atoms with van der Waals surface area (Å²) in [4.78, 5) is 0. The largest absolute Gasteiger partial charge is 0.377 e. The highest BCUT2D eigenvalue weighted by Crippen LogP contribution is 2.19. The fourth-order valence-electron chi connectivity index (χ4n) is 2.12. The molecule has 0 saturated heterocycles. The van der Waals surface area contributed by atoms with E-state index in [0.717, 1.165) is 12.8 Å². The van der Waals surface area contributed by atoms with Crippen LogP contribution in [0.1, 0.15) is 45.4 Å². The average molecular weight is 274 g/mol. The minimum absolute atomic E-state index is 0.247. The number of ether oxygens (including phenoxy) is 1. The number of rotatable bonds is 7. The molecule has 0 aromatic rings. The standard InChI is InChI=1S/C12H22N2O3S/c1-2-12(10-13)18(15,16)14-8-9-17-11-6-4-3-5-7-11/h11-12,14H,2-9H2,1H3. The van der Waals surface area contributed by atoms with E-state index in [2.05, 4.69) is 4.72 Å². The van der Waals surface area contributed by atoms with Gasteiger partial charge in [-0.3, -0.25) is 0 Å². The molecule has 0 amide bonds. The second-order valence-electron chi connectivity index (χ2n) is 4.60. The van der Waals surface area contributed by atoms with Crippen LogP contribution < -0.4 is 4.72 Å². The number of hydrogen-bond acceptors (Lipinski definition) is 4. The van der Waals surface area contributed by atoms with Gasteiger partial charge in [0.2, 0.25) is 10.0 Å². The Morgan fingerprint density at radius 2 is 2.06 bits per heavy atom. The van der Waals surface area contributed by atoms with Crippen molar-refractivity contribution < 1.29 is 13.2 Å². The molecule has 1 unspecified atom stereocenters. The van der Waals surface area contributed by atoms with Gasteiger partial charge in [0.25, 0.3) is 0 Å². The topological polar surface area (TPSA) is 79.2 Å². The summed E-state index contributed by atoms with van der Waals surface area (Å²) in [6.45, 7) is 2.31. The Balaban J connectivity index is 2.22. The van der Waals surface area contributed by atoms with Crippen molar-refractivity contribution in [3.05, 3.63) is 0 Å². The van der Waals surface area contributed by atoms with Crippen molar-refractivity contribution in [2.75, 3.05) is 13.2 Å². The molecule has 1 fully saturated rings. The third kappa shape index (κ3) is 4.92. The summed E-state index contributed by atoms with van der Waals surface area (Å²) in [5, 5.41) is 7.76. The first-order valence-corrected chi connectivity index (χ1v) is 8.14. The molecule has 1 atom stereocenters. The molecule has 1 N–H and O–H groups in total. The summed E-state index contributed by atoms with van der Waals surface area (Å²) in [5.74, 6) is 0. The minimum atomic E-state index is -3.52. The average Bonchev–Trinajstić information content (AvgIpc) is 2.37. The molecule has 0 aliphatic heterocycles. The zero-order chi connectivity index (χ0) is 13.4. The van der Waals surface area contributed by atoms with E-state index in [1.165, 1.54) is 19.3 Å². The zero-order valence-electron chi connectivity index (χ0n) is 10.9. The Morgan fingerprint density at radius 1 is 1.39 bits per heavy atom. The zero-order valence-corrected chi connectivity index (χ0v) is 11.7. The molecule has 1 rings (SSSR count). The van der Waals surface area contributed by atoms with Crippen molar-refractivity contribution in [1.82, 2.24) is 4.72 Å². The van der Waals surface area contributed by atoms with Crippen LogP contribution in [-0.4, -0.2) is 32.9 Å². The molecule has 1 aliphatic rings. The highest BCUT2D eigenvalue weighted by molar-refractivity contribution is 7.90. The summed E-state index contributed by atoms with van der Waals surface area (Å²) in [5.41, 5.74) is 0. The van der Waals surface area contributed by atoms with Crippen molar-refractivity contribution >= 4 is 10.0 Å². The van der Waals surface area contributed by atoms with Crippen LogP contribution in [0.25, 0.3) is 0 Å². The number of nitrogens with one attached hydrogen (secondary N) is 1. The second-order valence-corrected chi connectivity index (χ2v) is 6.54. The van der Waals surface area contributed by atoms with Gasteiger partial charge in [-0.05, 0) is 19.3 Å². The van der Waals surface area contributed by atoms with Gasteiger partial charge in [-0.25, -0.2) is 13.1 Å². The van der Waals surface area contributed by atoms with Gasteiger partial charge < -0.3 is 4.74 Å². The number of nitrogens with zero attached hydrogens (tertiary/aromatic N) is 1. The predicted molar refractivity (Wildman–Crippen MR) is 69.4 cm³/mol.